The van der Waals surface area contributed by atoms with Gasteiger partial charge in [0.15, 0.2) is 0 Å². The lowest BCUT2D eigenvalue weighted by molar-refractivity contribution is 0.0955. The van der Waals surface area contributed by atoms with Crippen molar-refractivity contribution < 1.29 is 4.79 Å². The third kappa shape index (κ3) is 3.42. The lowest BCUT2D eigenvalue weighted by atomic mass is 10.1. The number of nitrogens with one attached hydrogen (secondary N) is 1. The molecule has 26 heavy (non-hydrogen) atoms. The van der Waals surface area contributed by atoms with E-state index in [2.05, 4.69) is 72.0 Å². The van der Waals surface area contributed by atoms with Gasteiger partial charge in [-0.05, 0) is 57.0 Å². The van der Waals surface area contributed by atoms with Crippen molar-refractivity contribution in [3.05, 3.63) is 82.4 Å². The summed E-state index contributed by atoms with van der Waals surface area (Å²) in [7, 11) is 0. The first kappa shape index (κ1) is 17.6. The van der Waals surface area contributed by atoms with Gasteiger partial charge in [-0.15, -0.1) is 0 Å². The first-order valence-corrected chi connectivity index (χ1v) is 8.48. The average Bonchev–Trinajstić information content (AvgIpc) is 2.90. The van der Waals surface area contributed by atoms with Gasteiger partial charge in [0.1, 0.15) is 0 Å². The van der Waals surface area contributed by atoms with Gasteiger partial charge < -0.3 is 4.57 Å². The normalized spacial score (nSPS) is 11.1. The molecule has 0 saturated carbocycles. The van der Waals surface area contributed by atoms with E-state index in [1.165, 1.54) is 23.0 Å². The minimum Gasteiger partial charge on any atom is -0.317 e. The lowest BCUT2D eigenvalue weighted by Crippen LogP contribution is -2.17. The monoisotopic (exact) mass is 346 g/mol. The van der Waals surface area contributed by atoms with Crippen molar-refractivity contribution in [2.75, 3.05) is 0 Å². The van der Waals surface area contributed by atoms with Crippen LogP contribution in [-0.2, 0) is 0 Å². The molecule has 0 aliphatic rings. The number of rotatable bonds is 4. The molecule has 2 heterocycles. The predicted octanol–water partition coefficient (Wildman–Crippen LogP) is 3.87. The summed E-state index contributed by atoms with van der Waals surface area (Å²) in [6.45, 7) is 8.36. The van der Waals surface area contributed by atoms with E-state index in [4.69, 9.17) is 0 Å². The standard InChI is InChI=1S/C21H22N4O/c1-14-7-5-8-15(2)20(14)25-16(3)11-19(17(25)4)13-23-24-21(26)18-9-6-10-22-12-18/h5-13H,1-4H3,(H,24,26)/b23-13-. The van der Waals surface area contributed by atoms with Crippen LogP contribution >= 0.6 is 0 Å². The summed E-state index contributed by atoms with van der Waals surface area (Å²) in [5.41, 5.74) is 9.84. The zero-order chi connectivity index (χ0) is 18.7. The molecule has 0 radical (unpaired) electrons. The maximum Gasteiger partial charge on any atom is 0.272 e. The Morgan fingerprint density at radius 2 is 1.85 bits per heavy atom. The first-order chi connectivity index (χ1) is 12.5. The minimum atomic E-state index is -0.280. The number of pyridine rings is 1. The molecule has 3 aromatic rings. The lowest BCUT2D eigenvalue weighted by Gasteiger charge is -2.15. The molecule has 132 valence electrons. The van der Waals surface area contributed by atoms with Gasteiger partial charge in [0.2, 0.25) is 0 Å². The fraction of sp³-hybridized carbons (Fsp3) is 0.190. The summed E-state index contributed by atoms with van der Waals surface area (Å²) in [6.07, 6.45) is 4.82. The molecular weight excluding hydrogens is 324 g/mol. The summed E-state index contributed by atoms with van der Waals surface area (Å²) in [6, 6.07) is 11.8. The number of benzene rings is 1. The van der Waals surface area contributed by atoms with Crippen LogP contribution in [0.2, 0.25) is 0 Å². The van der Waals surface area contributed by atoms with E-state index < -0.39 is 0 Å². The maximum atomic E-state index is 12.0. The Hall–Kier alpha value is -3.21. The quantitative estimate of drug-likeness (QED) is 0.576. The topological polar surface area (TPSA) is 59.3 Å². The van der Waals surface area contributed by atoms with Gasteiger partial charge in [-0.25, -0.2) is 5.43 Å². The summed E-state index contributed by atoms with van der Waals surface area (Å²) < 4.78 is 2.23. The second kappa shape index (κ2) is 7.35. The molecule has 1 amide bonds. The summed E-state index contributed by atoms with van der Waals surface area (Å²) in [5, 5.41) is 4.11. The smallest absolute Gasteiger partial charge is 0.272 e. The van der Waals surface area contributed by atoms with Crippen LogP contribution in [-0.4, -0.2) is 21.7 Å². The third-order valence-electron chi connectivity index (χ3n) is 4.43. The van der Waals surface area contributed by atoms with Gasteiger partial charge >= 0.3 is 0 Å². The van der Waals surface area contributed by atoms with E-state index in [-0.39, 0.29) is 5.91 Å². The number of hydrogen-bond donors (Lipinski definition) is 1. The van der Waals surface area contributed by atoms with E-state index in [0.29, 0.717) is 5.56 Å². The molecule has 2 aromatic heterocycles. The van der Waals surface area contributed by atoms with E-state index in [1.807, 2.05) is 0 Å². The van der Waals surface area contributed by atoms with Crippen LogP contribution in [0.25, 0.3) is 5.69 Å². The SMILES string of the molecule is Cc1cccc(C)c1-n1c(C)cc(/C=N\NC(=O)c2cccnc2)c1C. The van der Waals surface area contributed by atoms with Gasteiger partial charge in [-0.2, -0.15) is 5.10 Å². The molecule has 1 aromatic carbocycles. The first-order valence-electron chi connectivity index (χ1n) is 8.48. The Kier molecular flexibility index (Phi) is 4.98. The van der Waals surface area contributed by atoms with E-state index in [9.17, 15) is 4.79 Å². The molecule has 0 unspecified atom stereocenters. The summed E-state index contributed by atoms with van der Waals surface area (Å²) in [4.78, 5) is 16.0. The third-order valence-corrected chi connectivity index (χ3v) is 4.43. The van der Waals surface area contributed by atoms with Crippen LogP contribution < -0.4 is 5.43 Å². The Morgan fingerprint density at radius 3 is 2.50 bits per heavy atom. The van der Waals surface area contributed by atoms with E-state index >= 15 is 0 Å². The average molecular weight is 346 g/mol. The van der Waals surface area contributed by atoms with Crippen LogP contribution in [0, 0.1) is 27.7 Å². The van der Waals surface area contributed by atoms with Crippen LogP contribution in [0.1, 0.15) is 38.4 Å². The number of aryl methyl sites for hydroxylation is 3. The van der Waals surface area contributed by atoms with Crippen LogP contribution in [0.4, 0.5) is 0 Å². The van der Waals surface area contributed by atoms with Crippen molar-refractivity contribution in [1.82, 2.24) is 15.0 Å². The Labute approximate surface area is 153 Å². The number of amides is 1. The van der Waals surface area contributed by atoms with Crippen LogP contribution in [0.3, 0.4) is 0 Å². The van der Waals surface area contributed by atoms with Gasteiger partial charge in [0.25, 0.3) is 5.91 Å². The molecule has 0 spiro atoms. The molecule has 0 saturated heterocycles. The molecule has 0 bridgehead atoms. The highest BCUT2D eigenvalue weighted by Crippen LogP contribution is 2.25. The van der Waals surface area contributed by atoms with Gasteiger partial charge in [-0.3, -0.25) is 9.78 Å². The van der Waals surface area contributed by atoms with Gasteiger partial charge in [0, 0.05) is 29.3 Å². The zero-order valence-corrected chi connectivity index (χ0v) is 15.4. The molecular formula is C21H22N4O. The fourth-order valence-corrected chi connectivity index (χ4v) is 3.14. The highest BCUT2D eigenvalue weighted by molar-refractivity contribution is 5.94. The highest BCUT2D eigenvalue weighted by atomic mass is 16.2. The van der Waals surface area contributed by atoms with Crippen LogP contribution in [0.5, 0.6) is 0 Å². The molecule has 5 heteroatoms. The Morgan fingerprint density at radius 1 is 1.12 bits per heavy atom. The summed E-state index contributed by atoms with van der Waals surface area (Å²) in [5.74, 6) is -0.280. The second-order valence-electron chi connectivity index (χ2n) is 6.34. The fourth-order valence-electron chi connectivity index (χ4n) is 3.14. The maximum absolute atomic E-state index is 12.0. The molecule has 3 rings (SSSR count). The predicted molar refractivity (Wildman–Crippen MR) is 104 cm³/mol. The molecule has 0 aliphatic carbocycles. The molecule has 1 N–H and O–H groups in total. The van der Waals surface area contributed by atoms with Crippen molar-refractivity contribution in [2.24, 2.45) is 5.10 Å². The molecule has 5 nitrogen and oxygen atoms in total. The highest BCUT2D eigenvalue weighted by Gasteiger charge is 2.13. The van der Waals surface area contributed by atoms with Gasteiger partial charge in [-0.1, -0.05) is 18.2 Å². The number of nitrogens with zero attached hydrogens (tertiary/aromatic N) is 3. The van der Waals surface area contributed by atoms with Crippen molar-refractivity contribution >= 4 is 12.1 Å². The van der Waals surface area contributed by atoms with Crippen molar-refractivity contribution in [1.29, 1.82) is 0 Å². The molecule has 0 atom stereocenters. The molecule has 0 aliphatic heterocycles. The van der Waals surface area contributed by atoms with Crippen molar-refractivity contribution in [3.63, 3.8) is 0 Å². The number of hydrogen-bond acceptors (Lipinski definition) is 3. The number of carbonyl (C=O) groups excluding carboxylic acids is 1. The second-order valence-corrected chi connectivity index (χ2v) is 6.34. The van der Waals surface area contributed by atoms with E-state index in [1.54, 1.807) is 24.5 Å². The van der Waals surface area contributed by atoms with Gasteiger partial charge in [0.05, 0.1) is 17.5 Å². The van der Waals surface area contributed by atoms with Crippen molar-refractivity contribution in [2.45, 2.75) is 27.7 Å². The van der Waals surface area contributed by atoms with Crippen molar-refractivity contribution in [3.8, 4) is 5.69 Å². The minimum absolute atomic E-state index is 0.280. The Bertz CT molecular complexity index is 951. The summed E-state index contributed by atoms with van der Waals surface area (Å²) >= 11 is 0. The number of aromatic nitrogens is 2. The van der Waals surface area contributed by atoms with Crippen LogP contribution in [0.15, 0.2) is 53.9 Å². The molecule has 0 fully saturated rings. The van der Waals surface area contributed by atoms with E-state index in [0.717, 1.165) is 17.0 Å². The number of hydrazone groups is 1. The number of carbonyl (C=O) groups is 1. The Balaban J connectivity index is 1.86. The number of para-hydroxylation sites is 1. The largest absolute Gasteiger partial charge is 0.317 e. The zero-order valence-electron chi connectivity index (χ0n) is 15.4.